The molecular formula is C13H25N3. The molecule has 0 aliphatic heterocycles. The molecule has 0 amide bonds. The van der Waals surface area contributed by atoms with Gasteiger partial charge in [0.15, 0.2) is 0 Å². The molecule has 1 atom stereocenters. The molecule has 1 aromatic heterocycles. The summed E-state index contributed by atoms with van der Waals surface area (Å²) in [4.78, 5) is 4.50. The van der Waals surface area contributed by atoms with E-state index in [1.165, 1.54) is 12.8 Å². The monoisotopic (exact) mass is 223 g/mol. The zero-order valence-electron chi connectivity index (χ0n) is 11.2. The first-order chi connectivity index (χ1) is 7.54. The first-order valence-corrected chi connectivity index (χ1v) is 6.34. The van der Waals surface area contributed by atoms with Crippen molar-refractivity contribution >= 4 is 5.95 Å². The summed E-state index contributed by atoms with van der Waals surface area (Å²) in [6, 6.07) is 0.526. The summed E-state index contributed by atoms with van der Waals surface area (Å²) in [6.45, 7) is 11.9. The summed E-state index contributed by atoms with van der Waals surface area (Å²) < 4.78 is 2.27. The standard InChI is InChI=1S/C13H25N3/c1-6-14-13-15-11(4)9-16(13)12(5)8-7-10(2)3/h9-10,12H,6-8H2,1-5H3,(H,14,15). The van der Waals surface area contributed by atoms with Crippen LogP contribution in [-0.2, 0) is 0 Å². The van der Waals surface area contributed by atoms with Crippen molar-refractivity contribution in [1.29, 1.82) is 0 Å². The van der Waals surface area contributed by atoms with E-state index >= 15 is 0 Å². The molecule has 0 aromatic carbocycles. The molecule has 1 N–H and O–H groups in total. The average molecular weight is 223 g/mol. The topological polar surface area (TPSA) is 29.9 Å². The third kappa shape index (κ3) is 3.54. The van der Waals surface area contributed by atoms with Crippen LogP contribution in [-0.4, -0.2) is 16.1 Å². The highest BCUT2D eigenvalue weighted by Crippen LogP contribution is 2.21. The number of aromatic nitrogens is 2. The quantitative estimate of drug-likeness (QED) is 0.798. The second-order valence-corrected chi connectivity index (χ2v) is 4.96. The lowest BCUT2D eigenvalue weighted by molar-refractivity contribution is 0.442. The van der Waals surface area contributed by atoms with Crippen molar-refractivity contribution in [3.05, 3.63) is 11.9 Å². The SMILES string of the molecule is CCNc1nc(C)cn1C(C)CCC(C)C. The fourth-order valence-corrected chi connectivity index (χ4v) is 1.85. The molecular weight excluding hydrogens is 198 g/mol. The molecule has 0 saturated heterocycles. The van der Waals surface area contributed by atoms with Crippen LogP contribution < -0.4 is 5.32 Å². The van der Waals surface area contributed by atoms with Crippen molar-refractivity contribution in [2.24, 2.45) is 5.92 Å². The number of anilines is 1. The van der Waals surface area contributed by atoms with Crippen molar-refractivity contribution < 1.29 is 0 Å². The van der Waals surface area contributed by atoms with Crippen molar-refractivity contribution in [2.45, 2.75) is 53.5 Å². The number of hydrogen-bond acceptors (Lipinski definition) is 2. The number of nitrogens with zero attached hydrogens (tertiary/aromatic N) is 2. The van der Waals surface area contributed by atoms with E-state index in [1.54, 1.807) is 0 Å². The van der Waals surface area contributed by atoms with Crippen molar-refractivity contribution in [2.75, 3.05) is 11.9 Å². The number of nitrogens with one attached hydrogen (secondary N) is 1. The van der Waals surface area contributed by atoms with E-state index in [9.17, 15) is 0 Å². The van der Waals surface area contributed by atoms with Crippen LogP contribution >= 0.6 is 0 Å². The van der Waals surface area contributed by atoms with E-state index < -0.39 is 0 Å². The number of rotatable bonds is 6. The summed E-state index contributed by atoms with van der Waals surface area (Å²) in [7, 11) is 0. The molecule has 3 heteroatoms. The predicted octanol–water partition coefficient (Wildman–Crippen LogP) is 3.62. The van der Waals surface area contributed by atoms with Gasteiger partial charge in [0, 0.05) is 18.8 Å². The largest absolute Gasteiger partial charge is 0.356 e. The molecule has 92 valence electrons. The van der Waals surface area contributed by atoms with Gasteiger partial charge < -0.3 is 9.88 Å². The molecule has 1 rings (SSSR count). The number of hydrogen-bond donors (Lipinski definition) is 1. The van der Waals surface area contributed by atoms with Gasteiger partial charge in [-0.05, 0) is 39.5 Å². The summed E-state index contributed by atoms with van der Waals surface area (Å²) >= 11 is 0. The van der Waals surface area contributed by atoms with Gasteiger partial charge in [-0.15, -0.1) is 0 Å². The Hall–Kier alpha value is -0.990. The fraction of sp³-hybridized carbons (Fsp3) is 0.769. The molecule has 1 unspecified atom stereocenters. The Bertz CT molecular complexity index is 315. The van der Waals surface area contributed by atoms with E-state index in [-0.39, 0.29) is 0 Å². The van der Waals surface area contributed by atoms with Gasteiger partial charge in [0.25, 0.3) is 0 Å². The Kier molecular flexibility index (Phi) is 4.84. The first-order valence-electron chi connectivity index (χ1n) is 6.34. The highest BCUT2D eigenvalue weighted by atomic mass is 15.2. The highest BCUT2D eigenvalue weighted by molar-refractivity contribution is 5.29. The Morgan fingerprint density at radius 2 is 2.00 bits per heavy atom. The van der Waals surface area contributed by atoms with Crippen LogP contribution in [0.25, 0.3) is 0 Å². The molecule has 0 saturated carbocycles. The van der Waals surface area contributed by atoms with Crippen LogP contribution in [0.15, 0.2) is 6.20 Å². The second kappa shape index (κ2) is 5.92. The Morgan fingerprint density at radius 3 is 2.56 bits per heavy atom. The van der Waals surface area contributed by atoms with Crippen LogP contribution in [0, 0.1) is 12.8 Å². The van der Waals surface area contributed by atoms with Gasteiger partial charge in [0.1, 0.15) is 0 Å². The summed E-state index contributed by atoms with van der Waals surface area (Å²) in [5, 5.41) is 3.32. The lowest BCUT2D eigenvalue weighted by Crippen LogP contribution is -2.11. The highest BCUT2D eigenvalue weighted by Gasteiger charge is 2.11. The lowest BCUT2D eigenvalue weighted by Gasteiger charge is -2.17. The summed E-state index contributed by atoms with van der Waals surface area (Å²) in [5.41, 5.74) is 1.09. The molecule has 0 spiro atoms. The fourth-order valence-electron chi connectivity index (χ4n) is 1.85. The van der Waals surface area contributed by atoms with E-state index in [1.807, 2.05) is 6.92 Å². The smallest absolute Gasteiger partial charge is 0.203 e. The minimum absolute atomic E-state index is 0.526. The molecule has 0 radical (unpaired) electrons. The Balaban J connectivity index is 2.69. The molecule has 3 nitrogen and oxygen atoms in total. The van der Waals surface area contributed by atoms with Crippen LogP contribution in [0.3, 0.4) is 0 Å². The minimum atomic E-state index is 0.526. The van der Waals surface area contributed by atoms with E-state index in [0.29, 0.717) is 6.04 Å². The molecule has 1 heterocycles. The Morgan fingerprint density at radius 1 is 1.31 bits per heavy atom. The maximum absolute atomic E-state index is 4.50. The minimum Gasteiger partial charge on any atom is -0.356 e. The van der Waals surface area contributed by atoms with Crippen LogP contribution in [0.5, 0.6) is 0 Å². The van der Waals surface area contributed by atoms with Crippen molar-refractivity contribution in [1.82, 2.24) is 9.55 Å². The zero-order chi connectivity index (χ0) is 12.1. The third-order valence-electron chi connectivity index (χ3n) is 2.82. The predicted molar refractivity (Wildman–Crippen MR) is 69.9 cm³/mol. The zero-order valence-corrected chi connectivity index (χ0v) is 11.2. The normalized spacial score (nSPS) is 13.1. The maximum Gasteiger partial charge on any atom is 0.203 e. The Labute approximate surface area is 99.3 Å². The van der Waals surface area contributed by atoms with Gasteiger partial charge in [-0.1, -0.05) is 13.8 Å². The van der Waals surface area contributed by atoms with E-state index in [2.05, 4.69) is 48.8 Å². The summed E-state index contributed by atoms with van der Waals surface area (Å²) in [6.07, 6.45) is 4.62. The van der Waals surface area contributed by atoms with Crippen LogP contribution in [0.1, 0.15) is 52.3 Å². The van der Waals surface area contributed by atoms with Gasteiger partial charge in [-0.25, -0.2) is 4.98 Å². The lowest BCUT2D eigenvalue weighted by atomic mass is 10.0. The molecule has 0 aliphatic rings. The maximum atomic E-state index is 4.50. The second-order valence-electron chi connectivity index (χ2n) is 4.96. The van der Waals surface area contributed by atoms with E-state index in [4.69, 9.17) is 0 Å². The molecule has 0 bridgehead atoms. The van der Waals surface area contributed by atoms with Gasteiger partial charge in [0.2, 0.25) is 5.95 Å². The van der Waals surface area contributed by atoms with Crippen molar-refractivity contribution in [3.63, 3.8) is 0 Å². The molecule has 0 aliphatic carbocycles. The van der Waals surface area contributed by atoms with Gasteiger partial charge in [0.05, 0.1) is 5.69 Å². The van der Waals surface area contributed by atoms with E-state index in [0.717, 1.165) is 24.1 Å². The van der Waals surface area contributed by atoms with Crippen LogP contribution in [0.4, 0.5) is 5.95 Å². The average Bonchev–Trinajstić information content (AvgIpc) is 2.56. The molecule has 1 aromatic rings. The van der Waals surface area contributed by atoms with Gasteiger partial charge in [-0.2, -0.15) is 0 Å². The van der Waals surface area contributed by atoms with Gasteiger partial charge in [-0.3, -0.25) is 0 Å². The third-order valence-corrected chi connectivity index (χ3v) is 2.82. The van der Waals surface area contributed by atoms with Crippen LogP contribution in [0.2, 0.25) is 0 Å². The number of imidazole rings is 1. The van der Waals surface area contributed by atoms with Gasteiger partial charge >= 0.3 is 0 Å². The summed E-state index contributed by atoms with van der Waals surface area (Å²) in [5.74, 6) is 1.78. The van der Waals surface area contributed by atoms with Crippen molar-refractivity contribution in [3.8, 4) is 0 Å². The molecule has 16 heavy (non-hydrogen) atoms. The first kappa shape index (κ1) is 13.1. The number of aryl methyl sites for hydroxylation is 1. The molecule has 0 fully saturated rings.